The second kappa shape index (κ2) is 2.96. The highest BCUT2D eigenvalue weighted by Crippen LogP contribution is 2.22. The van der Waals surface area contributed by atoms with E-state index in [0.29, 0.717) is 5.69 Å². The van der Waals surface area contributed by atoms with E-state index < -0.39 is 0 Å². The van der Waals surface area contributed by atoms with Gasteiger partial charge in [-0.3, -0.25) is 0 Å². The smallest absolute Gasteiger partial charge is 0.108 e. The summed E-state index contributed by atoms with van der Waals surface area (Å²) in [7, 11) is 1.81. The number of rotatable bonds is 2. The lowest BCUT2D eigenvalue weighted by Crippen LogP contribution is -1.86. The molecular weight excluding hydrogens is 126 g/mol. The van der Waals surface area contributed by atoms with Crippen molar-refractivity contribution in [3.63, 3.8) is 0 Å². The van der Waals surface area contributed by atoms with Gasteiger partial charge in [0, 0.05) is 7.05 Å². The second-order valence-electron chi connectivity index (χ2n) is 1.88. The number of anilines is 1. The monoisotopic (exact) mass is 135 g/mol. The average Bonchev–Trinajstić information content (AvgIpc) is 2.04. The van der Waals surface area contributed by atoms with Gasteiger partial charge < -0.3 is 5.32 Å². The van der Waals surface area contributed by atoms with Crippen LogP contribution in [0.4, 0.5) is 11.4 Å². The normalized spacial score (nSPS) is 8.90. The van der Waals surface area contributed by atoms with Crippen LogP contribution in [0.15, 0.2) is 29.4 Å². The van der Waals surface area contributed by atoms with Gasteiger partial charge in [-0.2, -0.15) is 5.11 Å². The highest BCUT2D eigenvalue weighted by Gasteiger charge is 1.93. The van der Waals surface area contributed by atoms with Crippen molar-refractivity contribution in [2.45, 2.75) is 0 Å². The first-order chi connectivity index (χ1) is 4.88. The maximum atomic E-state index is 6.77. The molecule has 0 aliphatic heterocycles. The Hall–Kier alpha value is -1.38. The standard InChI is InChI=1S/C7H9N3/c1-9-6-4-2-3-5-7(6)10-8/h2-5,8-9H,1H3. The molecule has 1 rings (SSSR count). The molecule has 0 aromatic heterocycles. The summed E-state index contributed by atoms with van der Waals surface area (Å²) < 4.78 is 0. The van der Waals surface area contributed by atoms with Gasteiger partial charge in [0.1, 0.15) is 5.69 Å². The Balaban J connectivity index is 3.08. The number of hydrogen-bond acceptors (Lipinski definition) is 3. The molecule has 0 bridgehead atoms. The van der Waals surface area contributed by atoms with E-state index in [1.165, 1.54) is 0 Å². The molecule has 0 aliphatic carbocycles. The molecule has 3 heteroatoms. The molecule has 0 saturated carbocycles. The minimum Gasteiger partial charge on any atom is -0.386 e. The minimum atomic E-state index is 0.671. The number of hydrogen-bond donors (Lipinski definition) is 2. The van der Waals surface area contributed by atoms with Gasteiger partial charge in [-0.1, -0.05) is 12.1 Å². The van der Waals surface area contributed by atoms with Crippen LogP contribution in [0, 0.1) is 5.53 Å². The van der Waals surface area contributed by atoms with E-state index in [9.17, 15) is 0 Å². The van der Waals surface area contributed by atoms with E-state index in [4.69, 9.17) is 5.53 Å². The molecule has 0 spiro atoms. The van der Waals surface area contributed by atoms with Gasteiger partial charge >= 0.3 is 0 Å². The molecule has 0 saturated heterocycles. The molecule has 3 nitrogen and oxygen atoms in total. The van der Waals surface area contributed by atoms with Crippen molar-refractivity contribution < 1.29 is 0 Å². The van der Waals surface area contributed by atoms with Crippen LogP contribution >= 0.6 is 0 Å². The molecule has 10 heavy (non-hydrogen) atoms. The topological polar surface area (TPSA) is 48.2 Å². The molecule has 0 radical (unpaired) electrons. The minimum absolute atomic E-state index is 0.671. The highest BCUT2D eigenvalue weighted by atomic mass is 15.0. The Bertz CT molecular complexity index is 232. The van der Waals surface area contributed by atoms with E-state index in [2.05, 4.69) is 10.4 Å². The van der Waals surface area contributed by atoms with Crippen molar-refractivity contribution in [1.82, 2.24) is 0 Å². The van der Waals surface area contributed by atoms with Crippen LogP contribution in [-0.4, -0.2) is 7.05 Å². The fourth-order valence-corrected chi connectivity index (χ4v) is 0.783. The lowest BCUT2D eigenvalue weighted by molar-refractivity contribution is 1.15. The first kappa shape index (κ1) is 6.74. The van der Waals surface area contributed by atoms with E-state index >= 15 is 0 Å². The Morgan fingerprint density at radius 2 is 2.10 bits per heavy atom. The van der Waals surface area contributed by atoms with E-state index in [0.717, 1.165) is 5.69 Å². The molecule has 0 fully saturated rings. The number of nitrogens with zero attached hydrogens (tertiary/aromatic N) is 1. The SMILES string of the molecule is CNc1ccccc1N=N. The van der Waals surface area contributed by atoms with Crippen LogP contribution in [-0.2, 0) is 0 Å². The number of benzene rings is 1. The van der Waals surface area contributed by atoms with Crippen molar-refractivity contribution in [2.24, 2.45) is 5.11 Å². The highest BCUT2D eigenvalue weighted by molar-refractivity contribution is 5.64. The van der Waals surface area contributed by atoms with Crippen LogP contribution in [0.1, 0.15) is 0 Å². The van der Waals surface area contributed by atoms with E-state index in [-0.39, 0.29) is 0 Å². The molecule has 0 heterocycles. The van der Waals surface area contributed by atoms with Gasteiger partial charge in [0.25, 0.3) is 0 Å². The van der Waals surface area contributed by atoms with Crippen LogP contribution in [0.2, 0.25) is 0 Å². The predicted octanol–water partition coefficient (Wildman–Crippen LogP) is 2.39. The van der Waals surface area contributed by atoms with Gasteiger partial charge in [0.15, 0.2) is 0 Å². The van der Waals surface area contributed by atoms with Crippen LogP contribution in [0.3, 0.4) is 0 Å². The quantitative estimate of drug-likeness (QED) is 0.601. The van der Waals surface area contributed by atoms with Crippen LogP contribution < -0.4 is 5.32 Å². The third kappa shape index (κ3) is 1.13. The third-order valence-corrected chi connectivity index (χ3v) is 1.29. The first-order valence-corrected chi connectivity index (χ1v) is 3.02. The van der Waals surface area contributed by atoms with Crippen molar-refractivity contribution in [1.29, 1.82) is 5.53 Å². The number of nitrogens with one attached hydrogen (secondary N) is 2. The molecular formula is C7H9N3. The predicted molar refractivity (Wildman–Crippen MR) is 40.8 cm³/mol. The Labute approximate surface area is 59.6 Å². The van der Waals surface area contributed by atoms with Gasteiger partial charge in [-0.25, -0.2) is 5.53 Å². The Morgan fingerprint density at radius 3 is 2.60 bits per heavy atom. The summed E-state index contributed by atoms with van der Waals surface area (Å²) in [4.78, 5) is 0. The van der Waals surface area contributed by atoms with Gasteiger partial charge in [-0.05, 0) is 12.1 Å². The Kier molecular flexibility index (Phi) is 1.99. The molecule has 52 valence electrons. The molecule has 0 unspecified atom stereocenters. The summed E-state index contributed by atoms with van der Waals surface area (Å²) in [5.74, 6) is 0. The lowest BCUT2D eigenvalue weighted by atomic mass is 10.3. The van der Waals surface area contributed by atoms with Crippen molar-refractivity contribution >= 4 is 11.4 Å². The zero-order valence-corrected chi connectivity index (χ0v) is 5.76. The van der Waals surface area contributed by atoms with Gasteiger partial charge in [0.05, 0.1) is 5.69 Å². The summed E-state index contributed by atoms with van der Waals surface area (Å²) >= 11 is 0. The van der Waals surface area contributed by atoms with Gasteiger partial charge in [0.2, 0.25) is 0 Å². The first-order valence-electron chi connectivity index (χ1n) is 3.02. The van der Waals surface area contributed by atoms with Crippen LogP contribution in [0.5, 0.6) is 0 Å². The number of para-hydroxylation sites is 2. The van der Waals surface area contributed by atoms with Gasteiger partial charge in [-0.15, -0.1) is 0 Å². The summed E-state index contributed by atoms with van der Waals surface area (Å²) in [5, 5.41) is 6.26. The molecule has 0 aliphatic rings. The Morgan fingerprint density at radius 1 is 1.40 bits per heavy atom. The fourth-order valence-electron chi connectivity index (χ4n) is 0.783. The molecule has 1 aromatic rings. The molecule has 0 atom stereocenters. The van der Waals surface area contributed by atoms with Crippen molar-refractivity contribution in [2.75, 3.05) is 12.4 Å². The maximum absolute atomic E-state index is 6.77. The molecule has 1 aromatic carbocycles. The zero-order chi connectivity index (χ0) is 7.40. The largest absolute Gasteiger partial charge is 0.386 e. The summed E-state index contributed by atoms with van der Waals surface area (Å²) in [5.41, 5.74) is 8.33. The van der Waals surface area contributed by atoms with Crippen LogP contribution in [0.25, 0.3) is 0 Å². The second-order valence-corrected chi connectivity index (χ2v) is 1.88. The maximum Gasteiger partial charge on any atom is 0.108 e. The van der Waals surface area contributed by atoms with Crippen molar-refractivity contribution in [3.8, 4) is 0 Å². The third-order valence-electron chi connectivity index (χ3n) is 1.29. The zero-order valence-electron chi connectivity index (χ0n) is 5.76. The molecule has 2 N–H and O–H groups in total. The lowest BCUT2D eigenvalue weighted by Gasteiger charge is -2.00. The van der Waals surface area contributed by atoms with E-state index in [1.54, 1.807) is 6.07 Å². The fraction of sp³-hybridized carbons (Fsp3) is 0.143. The summed E-state index contributed by atoms with van der Waals surface area (Å²) in [6.45, 7) is 0. The molecule has 0 amide bonds. The van der Waals surface area contributed by atoms with E-state index in [1.807, 2.05) is 25.2 Å². The van der Waals surface area contributed by atoms with Crippen molar-refractivity contribution in [3.05, 3.63) is 24.3 Å². The summed E-state index contributed by atoms with van der Waals surface area (Å²) in [6.07, 6.45) is 0. The summed E-state index contributed by atoms with van der Waals surface area (Å²) in [6, 6.07) is 7.43. The average molecular weight is 135 g/mol.